The second-order valence-electron chi connectivity index (χ2n) is 10.1. The molecule has 0 fully saturated rings. The average molecular weight is 959 g/mol. The largest absolute Gasteiger partial charge is 0.460 e. The van der Waals surface area contributed by atoms with E-state index in [9.17, 15) is 47.9 Å². The van der Waals surface area contributed by atoms with E-state index in [1.807, 2.05) is 0 Å². The first-order valence-corrected chi connectivity index (χ1v) is 21.2. The normalized spacial score (nSPS) is 11.0. The molecule has 1 unspecified atom stereocenters. The molecule has 0 bridgehead atoms. The Morgan fingerprint density at radius 1 is 0.429 bits per heavy atom. The number of thioether (sulfide) groups is 4. The smallest absolute Gasteiger partial charge is 0.386 e. The predicted octanol–water partition coefficient (Wildman–Crippen LogP) is 1.30. The van der Waals surface area contributed by atoms with Crippen LogP contribution in [0.25, 0.3) is 0 Å². The quantitative estimate of drug-likeness (QED) is 0.0134. The van der Waals surface area contributed by atoms with Gasteiger partial charge in [-0.1, -0.05) is 5.92 Å². The average Bonchev–Trinajstić information content (AvgIpc) is 3.24. The van der Waals surface area contributed by atoms with Crippen molar-refractivity contribution in [3.05, 3.63) is 45.9 Å². The van der Waals surface area contributed by atoms with Gasteiger partial charge in [0.05, 0.1) is 0 Å². The van der Waals surface area contributed by atoms with Gasteiger partial charge in [-0.05, 0) is 21.6 Å². The lowest BCUT2D eigenvalue weighted by Gasteiger charge is -2.15. The molecule has 1 atom stereocenters. The lowest BCUT2D eigenvalue weighted by Crippen LogP contribution is -2.28. The summed E-state index contributed by atoms with van der Waals surface area (Å²) in [5.74, 6) is -1.69. The molecule has 0 heterocycles. The Morgan fingerprint density at radius 3 is 1.03 bits per heavy atom. The summed E-state index contributed by atoms with van der Waals surface area (Å²) in [4.78, 5) is 115. The molecule has 0 spiro atoms. The van der Waals surface area contributed by atoms with Crippen LogP contribution in [0.1, 0.15) is 12.8 Å². The highest BCUT2D eigenvalue weighted by molar-refractivity contribution is 8.06. The van der Waals surface area contributed by atoms with Gasteiger partial charge in [-0.25, -0.2) is 28.8 Å². The second kappa shape index (κ2) is 38.6. The topological polar surface area (TPSA) is 272 Å². The molecule has 0 aliphatic heterocycles. The van der Waals surface area contributed by atoms with Crippen LogP contribution >= 0.6 is 47.0 Å². The van der Waals surface area contributed by atoms with E-state index in [0.717, 1.165) is 12.2 Å². The van der Waals surface area contributed by atoms with Crippen LogP contribution in [-0.2, 0) is 100 Å². The summed E-state index contributed by atoms with van der Waals surface area (Å²) in [6.07, 6.45) is 16.8. The number of hydrogen-bond acceptors (Lipinski definition) is 25. The van der Waals surface area contributed by atoms with E-state index in [0.29, 0.717) is 23.0 Å². The molecule has 0 N–H and O–H groups in total. The molecule has 63 heavy (non-hydrogen) atoms. The highest BCUT2D eigenvalue weighted by Gasteiger charge is 2.16. The highest BCUT2D eigenvalue weighted by atomic mass is 32.2. The van der Waals surface area contributed by atoms with Gasteiger partial charge in [0.15, 0.2) is 0 Å². The Morgan fingerprint density at radius 2 is 0.730 bits per heavy atom. The van der Waals surface area contributed by atoms with Crippen molar-refractivity contribution >= 4 is 107 Å². The zero-order valence-electron chi connectivity index (χ0n) is 32.8. The molecule has 0 amide bonds. The Labute approximate surface area is 377 Å². The monoisotopic (exact) mass is 958 g/mol. The van der Waals surface area contributed by atoms with Crippen molar-refractivity contribution in [2.75, 3.05) is 70.0 Å². The van der Waals surface area contributed by atoms with Crippen molar-refractivity contribution in [2.24, 2.45) is 0 Å². The lowest BCUT2D eigenvalue weighted by molar-refractivity contribution is -0.174. The predicted molar refractivity (Wildman–Crippen MR) is 222 cm³/mol. The van der Waals surface area contributed by atoms with Crippen LogP contribution in [0.5, 0.6) is 0 Å². The van der Waals surface area contributed by atoms with Crippen molar-refractivity contribution in [1.82, 2.24) is 0 Å². The SMILES string of the molecule is C#CCOC(COC(=O)C=CSCCSC=CC(=O)OCOC(=O)CC(=O)OCOC(=O)C#C)COC(=O)/C=C/SCCSC=CC(=O)OCOC(=O)CC(=O)OCOC(=O)C#C. The number of esters is 10. The minimum absolute atomic E-state index is 0.129. The Balaban J connectivity index is 4.14. The number of rotatable bonds is 32. The third kappa shape index (κ3) is 37.2. The summed E-state index contributed by atoms with van der Waals surface area (Å²) in [5, 5.41) is 5.89. The third-order valence-corrected chi connectivity index (χ3v) is 9.13. The minimum Gasteiger partial charge on any atom is -0.460 e. The summed E-state index contributed by atoms with van der Waals surface area (Å²) in [5.41, 5.74) is 0. The zero-order chi connectivity index (χ0) is 46.9. The van der Waals surface area contributed by atoms with Gasteiger partial charge in [0.2, 0.25) is 27.2 Å². The maximum Gasteiger partial charge on any atom is 0.386 e. The summed E-state index contributed by atoms with van der Waals surface area (Å²) in [6, 6.07) is 0. The van der Waals surface area contributed by atoms with Gasteiger partial charge < -0.3 is 52.1 Å². The molecule has 21 nitrogen and oxygen atoms in total. The van der Waals surface area contributed by atoms with Gasteiger partial charge in [-0.3, -0.25) is 19.2 Å². The first-order valence-electron chi connectivity index (χ1n) is 17.0. The van der Waals surface area contributed by atoms with Gasteiger partial charge >= 0.3 is 59.7 Å². The van der Waals surface area contributed by atoms with Crippen LogP contribution < -0.4 is 0 Å². The molecular formula is C38H38O21S4. The number of carbonyl (C=O) groups is 10. The van der Waals surface area contributed by atoms with Crippen molar-refractivity contribution in [3.63, 3.8) is 0 Å². The fraction of sp³-hybridized carbons (Fsp3) is 0.368. The Kier molecular flexibility index (Phi) is 34.7. The van der Waals surface area contributed by atoms with Crippen molar-refractivity contribution in [2.45, 2.75) is 18.9 Å². The van der Waals surface area contributed by atoms with Crippen LogP contribution in [-0.4, -0.2) is 136 Å². The lowest BCUT2D eigenvalue weighted by atomic mass is 10.4. The van der Waals surface area contributed by atoms with E-state index >= 15 is 0 Å². The van der Waals surface area contributed by atoms with Crippen LogP contribution in [0.4, 0.5) is 0 Å². The minimum atomic E-state index is -1.06. The third-order valence-electron chi connectivity index (χ3n) is 5.54. The summed E-state index contributed by atoms with van der Waals surface area (Å²) >= 11 is 5.05. The molecule has 0 aliphatic rings. The van der Waals surface area contributed by atoms with Crippen molar-refractivity contribution < 1.29 is 100 Å². The van der Waals surface area contributed by atoms with Crippen LogP contribution in [0.3, 0.4) is 0 Å². The molecule has 25 heteroatoms. The van der Waals surface area contributed by atoms with Crippen molar-refractivity contribution in [3.8, 4) is 37.0 Å². The maximum atomic E-state index is 12.1. The standard InChI is InChI=1S/C38H38O21S4/c1-4-11-49-28(22-50-31(41)7-12-60-16-18-62-14-9-33(43)54-26-58-37(47)20-35(45)56-24-52-29(39)5-2)23-51-32(42)8-13-61-17-19-63-15-10-34(44)55-27-59-38(48)21-36(46)57-25-53-30(40)6-3/h1-3,7-10,12-15,28H,11,16-27H2/b12-7+,13-8?,14-9?,15-10?. The van der Waals surface area contributed by atoms with E-state index in [1.54, 1.807) is 11.8 Å². The first kappa shape index (κ1) is 56.7. The first-order chi connectivity index (χ1) is 30.3. The maximum absolute atomic E-state index is 12.1. The molecular weight excluding hydrogens is 921 g/mol. The van der Waals surface area contributed by atoms with E-state index < -0.39 is 106 Å². The molecule has 0 aromatic carbocycles. The molecule has 0 radical (unpaired) electrons. The molecule has 0 aromatic rings. The van der Waals surface area contributed by atoms with Gasteiger partial charge in [0, 0.05) is 59.2 Å². The molecule has 340 valence electrons. The molecule has 0 saturated heterocycles. The molecule has 0 rings (SSSR count). The van der Waals surface area contributed by atoms with E-state index in [4.69, 9.17) is 33.5 Å². The fourth-order valence-corrected chi connectivity index (χ4v) is 5.77. The summed E-state index contributed by atoms with van der Waals surface area (Å²) in [6.45, 7) is -3.71. The molecule has 0 aromatic heterocycles. The number of ether oxygens (including phenoxy) is 11. The van der Waals surface area contributed by atoms with Gasteiger partial charge in [-0.15, -0.1) is 66.3 Å². The van der Waals surface area contributed by atoms with Crippen LogP contribution in [0.2, 0.25) is 0 Å². The van der Waals surface area contributed by atoms with Gasteiger partial charge in [-0.2, -0.15) is 0 Å². The summed E-state index contributed by atoms with van der Waals surface area (Å²) < 4.78 is 51.6. The van der Waals surface area contributed by atoms with Crippen LogP contribution in [0.15, 0.2) is 45.9 Å². The molecule has 0 saturated carbocycles. The van der Waals surface area contributed by atoms with E-state index in [2.05, 4.69) is 43.8 Å². The van der Waals surface area contributed by atoms with Crippen LogP contribution in [0, 0.1) is 37.0 Å². The number of terminal acetylenes is 3. The molecule has 0 aliphatic carbocycles. The highest BCUT2D eigenvalue weighted by Crippen LogP contribution is 2.11. The van der Waals surface area contributed by atoms with E-state index in [1.165, 1.54) is 80.8 Å². The Hall–Kier alpha value is -6.30. The zero-order valence-corrected chi connectivity index (χ0v) is 36.1. The number of carbonyl (C=O) groups excluding carboxylic acids is 10. The van der Waals surface area contributed by atoms with E-state index in [-0.39, 0.29) is 19.8 Å². The summed E-state index contributed by atoms with van der Waals surface area (Å²) in [7, 11) is 0. The fourth-order valence-electron chi connectivity index (χ4n) is 2.86. The van der Waals surface area contributed by atoms with Gasteiger partial charge in [0.25, 0.3) is 0 Å². The Bertz CT molecular complexity index is 1680. The number of hydrogen-bond donors (Lipinski definition) is 0. The second-order valence-corrected chi connectivity index (χ2v) is 14.1. The van der Waals surface area contributed by atoms with Gasteiger partial charge in [0.1, 0.15) is 38.8 Å². The van der Waals surface area contributed by atoms with Crippen molar-refractivity contribution in [1.29, 1.82) is 0 Å².